The van der Waals surface area contributed by atoms with E-state index in [1.54, 1.807) is 18.3 Å². The molecule has 1 unspecified atom stereocenters. The molecule has 0 amide bonds. The predicted octanol–water partition coefficient (Wildman–Crippen LogP) is 3.05. The lowest BCUT2D eigenvalue weighted by Gasteiger charge is -2.17. The summed E-state index contributed by atoms with van der Waals surface area (Å²) >= 11 is 0. The van der Waals surface area contributed by atoms with E-state index in [4.69, 9.17) is 4.74 Å². The molecule has 1 aromatic carbocycles. The highest BCUT2D eigenvalue weighted by atomic mass is 19.1. The Hall–Kier alpha value is -2.63. The second-order valence-corrected chi connectivity index (χ2v) is 5.73. The van der Waals surface area contributed by atoms with Gasteiger partial charge in [-0.3, -0.25) is 4.98 Å². The van der Waals surface area contributed by atoms with E-state index in [0.29, 0.717) is 24.8 Å². The summed E-state index contributed by atoms with van der Waals surface area (Å²) in [6, 6.07) is 10.1. The van der Waals surface area contributed by atoms with Crippen LogP contribution >= 0.6 is 0 Å². The molecule has 1 heterocycles. The quantitative estimate of drug-likeness (QED) is 0.599. The number of aliphatic imine (C=N–C) groups is 1. The maximum absolute atomic E-state index is 13.2. The third-order valence-electron chi connectivity index (χ3n) is 3.54. The van der Waals surface area contributed by atoms with Crippen LogP contribution in [0.1, 0.15) is 25.1 Å². The fraction of sp³-hybridized carbons (Fsp3) is 0.368. The molecule has 2 N–H and O–H groups in total. The second-order valence-electron chi connectivity index (χ2n) is 5.73. The number of guanidine groups is 1. The van der Waals surface area contributed by atoms with Gasteiger partial charge < -0.3 is 15.4 Å². The largest absolute Gasteiger partial charge is 0.489 e. The van der Waals surface area contributed by atoms with Crippen LogP contribution in [0.3, 0.4) is 0 Å². The van der Waals surface area contributed by atoms with E-state index in [0.717, 1.165) is 17.8 Å². The molecular weight excluding hydrogens is 319 g/mol. The first-order chi connectivity index (χ1) is 12.1. The Morgan fingerprint density at radius 3 is 2.84 bits per heavy atom. The molecule has 2 rings (SSSR count). The Morgan fingerprint density at radius 1 is 1.28 bits per heavy atom. The van der Waals surface area contributed by atoms with Crippen molar-refractivity contribution in [2.24, 2.45) is 4.99 Å². The Bertz CT molecular complexity index is 705. The topological polar surface area (TPSA) is 58.5 Å². The highest BCUT2D eigenvalue weighted by Crippen LogP contribution is 2.13. The Morgan fingerprint density at radius 2 is 2.12 bits per heavy atom. The van der Waals surface area contributed by atoms with Crippen molar-refractivity contribution in [2.75, 3.05) is 13.1 Å². The maximum atomic E-state index is 13.2. The van der Waals surface area contributed by atoms with Crippen LogP contribution in [0.15, 0.2) is 47.6 Å². The molecular formula is C19H25FN4O. The fourth-order valence-electron chi connectivity index (χ4n) is 2.23. The van der Waals surface area contributed by atoms with E-state index in [9.17, 15) is 4.39 Å². The third kappa shape index (κ3) is 6.41. The van der Waals surface area contributed by atoms with E-state index in [-0.39, 0.29) is 11.9 Å². The molecule has 0 bridgehead atoms. The highest BCUT2D eigenvalue weighted by molar-refractivity contribution is 5.79. The van der Waals surface area contributed by atoms with Crippen LogP contribution in [0.5, 0.6) is 5.75 Å². The minimum Gasteiger partial charge on any atom is -0.489 e. The van der Waals surface area contributed by atoms with Gasteiger partial charge in [0.2, 0.25) is 0 Å². The Balaban J connectivity index is 1.90. The van der Waals surface area contributed by atoms with Crippen molar-refractivity contribution in [3.8, 4) is 5.75 Å². The molecule has 1 atom stereocenters. The van der Waals surface area contributed by atoms with Gasteiger partial charge in [0.15, 0.2) is 5.96 Å². The number of benzene rings is 1. The smallest absolute Gasteiger partial charge is 0.191 e. The molecule has 0 aliphatic heterocycles. The summed E-state index contributed by atoms with van der Waals surface area (Å²) in [5.41, 5.74) is 2.06. The summed E-state index contributed by atoms with van der Waals surface area (Å²) in [5, 5.41) is 6.43. The first-order valence-corrected chi connectivity index (χ1v) is 8.43. The SMILES string of the molecule is CCNC(=NCc1ncccc1C)NCC(C)Oc1cccc(F)c1. The molecule has 1 aromatic heterocycles. The summed E-state index contributed by atoms with van der Waals surface area (Å²) in [6.45, 7) is 7.75. The second kappa shape index (κ2) is 9.61. The minimum atomic E-state index is -0.307. The number of hydrogen-bond donors (Lipinski definition) is 2. The molecule has 0 aliphatic carbocycles. The first-order valence-electron chi connectivity index (χ1n) is 8.43. The van der Waals surface area contributed by atoms with Crippen molar-refractivity contribution in [2.45, 2.75) is 33.4 Å². The van der Waals surface area contributed by atoms with Crippen LogP contribution in [0.25, 0.3) is 0 Å². The average Bonchev–Trinajstić information content (AvgIpc) is 2.58. The number of aromatic nitrogens is 1. The number of ether oxygens (including phenoxy) is 1. The van der Waals surface area contributed by atoms with E-state index < -0.39 is 0 Å². The molecule has 2 aromatic rings. The van der Waals surface area contributed by atoms with Crippen molar-refractivity contribution in [1.29, 1.82) is 0 Å². The molecule has 25 heavy (non-hydrogen) atoms. The summed E-state index contributed by atoms with van der Waals surface area (Å²) in [5.74, 6) is 0.904. The van der Waals surface area contributed by atoms with Gasteiger partial charge in [0.25, 0.3) is 0 Å². The number of halogens is 1. The zero-order valence-corrected chi connectivity index (χ0v) is 14.9. The van der Waals surface area contributed by atoms with E-state index >= 15 is 0 Å². The summed E-state index contributed by atoms with van der Waals surface area (Å²) in [6.07, 6.45) is 1.63. The standard InChI is InChI=1S/C19H25FN4O/c1-4-21-19(24-13-18-14(2)7-6-10-22-18)23-12-15(3)25-17-9-5-8-16(20)11-17/h5-11,15H,4,12-13H2,1-3H3,(H2,21,23,24). The van der Waals surface area contributed by atoms with E-state index in [2.05, 4.69) is 20.6 Å². The third-order valence-corrected chi connectivity index (χ3v) is 3.54. The molecule has 134 valence electrons. The number of nitrogens with one attached hydrogen (secondary N) is 2. The summed E-state index contributed by atoms with van der Waals surface area (Å²) in [4.78, 5) is 8.90. The minimum absolute atomic E-state index is 0.137. The van der Waals surface area contributed by atoms with Crippen molar-refractivity contribution < 1.29 is 9.13 Å². The Kier molecular flexibility index (Phi) is 7.19. The Labute approximate surface area is 148 Å². The fourth-order valence-corrected chi connectivity index (χ4v) is 2.23. The number of hydrogen-bond acceptors (Lipinski definition) is 3. The summed E-state index contributed by atoms with van der Waals surface area (Å²) in [7, 11) is 0. The van der Waals surface area contributed by atoms with Gasteiger partial charge in [-0.1, -0.05) is 12.1 Å². The molecule has 0 saturated carbocycles. The van der Waals surface area contributed by atoms with Crippen LogP contribution in [0, 0.1) is 12.7 Å². The van der Waals surface area contributed by atoms with Crippen molar-refractivity contribution in [3.63, 3.8) is 0 Å². The van der Waals surface area contributed by atoms with Gasteiger partial charge in [-0.05, 0) is 44.5 Å². The molecule has 0 spiro atoms. The lowest BCUT2D eigenvalue weighted by atomic mass is 10.2. The normalized spacial score (nSPS) is 12.6. The molecule has 0 fully saturated rings. The van der Waals surface area contributed by atoms with Crippen LogP contribution in [0.4, 0.5) is 4.39 Å². The van der Waals surface area contributed by atoms with Crippen molar-refractivity contribution in [1.82, 2.24) is 15.6 Å². The number of nitrogens with zero attached hydrogens (tertiary/aromatic N) is 2. The molecule has 0 saturated heterocycles. The van der Waals surface area contributed by atoms with Crippen LogP contribution in [-0.2, 0) is 6.54 Å². The van der Waals surface area contributed by atoms with Crippen molar-refractivity contribution >= 4 is 5.96 Å². The zero-order chi connectivity index (χ0) is 18.1. The van der Waals surface area contributed by atoms with Gasteiger partial charge in [-0.25, -0.2) is 9.38 Å². The lowest BCUT2D eigenvalue weighted by molar-refractivity contribution is 0.223. The maximum Gasteiger partial charge on any atom is 0.191 e. The van der Waals surface area contributed by atoms with Gasteiger partial charge in [-0.2, -0.15) is 0 Å². The lowest BCUT2D eigenvalue weighted by Crippen LogP contribution is -2.41. The van der Waals surface area contributed by atoms with Gasteiger partial charge in [0, 0.05) is 18.8 Å². The highest BCUT2D eigenvalue weighted by Gasteiger charge is 2.07. The first kappa shape index (κ1) is 18.7. The average molecular weight is 344 g/mol. The van der Waals surface area contributed by atoms with Crippen molar-refractivity contribution in [3.05, 3.63) is 59.7 Å². The van der Waals surface area contributed by atoms with E-state index in [1.165, 1.54) is 12.1 Å². The monoisotopic (exact) mass is 344 g/mol. The van der Waals surface area contributed by atoms with Crippen LogP contribution in [0.2, 0.25) is 0 Å². The number of rotatable bonds is 7. The van der Waals surface area contributed by atoms with Gasteiger partial charge in [0.1, 0.15) is 17.7 Å². The van der Waals surface area contributed by atoms with Crippen LogP contribution < -0.4 is 15.4 Å². The van der Waals surface area contributed by atoms with E-state index in [1.807, 2.05) is 32.9 Å². The van der Waals surface area contributed by atoms with Gasteiger partial charge in [0.05, 0.1) is 18.8 Å². The number of aryl methyl sites for hydroxylation is 1. The molecule has 6 heteroatoms. The number of pyridine rings is 1. The molecule has 5 nitrogen and oxygen atoms in total. The predicted molar refractivity (Wildman–Crippen MR) is 98.3 cm³/mol. The van der Waals surface area contributed by atoms with Gasteiger partial charge >= 0.3 is 0 Å². The molecule has 0 radical (unpaired) electrons. The van der Waals surface area contributed by atoms with Crippen LogP contribution in [-0.4, -0.2) is 30.1 Å². The molecule has 0 aliphatic rings. The summed E-state index contributed by atoms with van der Waals surface area (Å²) < 4.78 is 18.9. The van der Waals surface area contributed by atoms with Gasteiger partial charge in [-0.15, -0.1) is 0 Å². The zero-order valence-electron chi connectivity index (χ0n) is 14.9.